The zero-order chi connectivity index (χ0) is 18.4. The highest BCUT2D eigenvalue weighted by molar-refractivity contribution is 6.30. The van der Waals surface area contributed by atoms with Crippen LogP contribution in [0, 0.1) is 0 Å². The van der Waals surface area contributed by atoms with Crippen LogP contribution in [0.25, 0.3) is 0 Å². The van der Waals surface area contributed by atoms with Crippen molar-refractivity contribution in [1.82, 2.24) is 10.2 Å². The average molecular weight is 373 g/mol. The van der Waals surface area contributed by atoms with Gasteiger partial charge in [0.25, 0.3) is 5.91 Å². The molecule has 26 heavy (non-hydrogen) atoms. The lowest BCUT2D eigenvalue weighted by Gasteiger charge is -2.16. The van der Waals surface area contributed by atoms with Crippen LogP contribution in [0.15, 0.2) is 48.5 Å². The number of benzene rings is 2. The van der Waals surface area contributed by atoms with Gasteiger partial charge in [-0.3, -0.25) is 9.59 Å². The molecule has 0 aromatic heterocycles. The summed E-state index contributed by atoms with van der Waals surface area (Å²) >= 11 is 5.88. The maximum Gasteiger partial charge on any atom is 0.255 e. The van der Waals surface area contributed by atoms with Crippen molar-refractivity contribution in [2.24, 2.45) is 0 Å². The van der Waals surface area contributed by atoms with E-state index in [0.29, 0.717) is 22.9 Å². The number of hydrogen-bond acceptors (Lipinski definition) is 3. The van der Waals surface area contributed by atoms with Crippen molar-refractivity contribution in [3.8, 4) is 5.75 Å². The van der Waals surface area contributed by atoms with E-state index in [9.17, 15) is 9.59 Å². The average Bonchev–Trinajstić information content (AvgIpc) is 3.20. The van der Waals surface area contributed by atoms with Crippen LogP contribution >= 0.6 is 11.6 Å². The van der Waals surface area contributed by atoms with Gasteiger partial charge in [-0.05, 0) is 42.7 Å². The number of amides is 2. The normalized spacial score (nSPS) is 13.5. The summed E-state index contributed by atoms with van der Waals surface area (Å²) in [7, 11) is 0. The Kier molecular flexibility index (Phi) is 6.12. The van der Waals surface area contributed by atoms with Gasteiger partial charge >= 0.3 is 0 Å². The molecule has 2 aromatic rings. The largest absolute Gasteiger partial charge is 0.488 e. The standard InChI is InChI=1S/C20H21ClN2O3/c21-16-9-7-15(8-10-16)14-26-18-6-2-1-5-17(18)20(25)22-13-19(24)23-11-3-4-12-23/h1-2,5-10H,3-4,11-14H2,(H,22,25). The first kappa shape index (κ1) is 18.3. The minimum Gasteiger partial charge on any atom is -0.488 e. The van der Waals surface area contributed by atoms with Gasteiger partial charge in [-0.2, -0.15) is 0 Å². The second-order valence-electron chi connectivity index (χ2n) is 6.18. The fourth-order valence-corrected chi connectivity index (χ4v) is 2.98. The topological polar surface area (TPSA) is 58.6 Å². The van der Waals surface area contributed by atoms with Gasteiger partial charge in [-0.1, -0.05) is 35.9 Å². The van der Waals surface area contributed by atoms with Crippen molar-refractivity contribution >= 4 is 23.4 Å². The molecule has 1 aliphatic heterocycles. The zero-order valence-electron chi connectivity index (χ0n) is 14.4. The van der Waals surface area contributed by atoms with Gasteiger partial charge in [0.1, 0.15) is 12.4 Å². The van der Waals surface area contributed by atoms with Crippen LogP contribution in [0.1, 0.15) is 28.8 Å². The predicted octanol–water partition coefficient (Wildman–Crippen LogP) is 3.27. The lowest BCUT2D eigenvalue weighted by molar-refractivity contribution is -0.129. The summed E-state index contributed by atoms with van der Waals surface area (Å²) in [5.41, 5.74) is 1.37. The highest BCUT2D eigenvalue weighted by Gasteiger charge is 2.19. The third-order valence-corrected chi connectivity index (χ3v) is 4.55. The van der Waals surface area contributed by atoms with E-state index in [2.05, 4.69) is 5.32 Å². The van der Waals surface area contributed by atoms with Crippen molar-refractivity contribution in [1.29, 1.82) is 0 Å². The number of para-hydroxylation sites is 1. The Morgan fingerprint density at radius 1 is 1.04 bits per heavy atom. The molecule has 5 nitrogen and oxygen atoms in total. The smallest absolute Gasteiger partial charge is 0.255 e. The van der Waals surface area contributed by atoms with E-state index < -0.39 is 0 Å². The molecule has 136 valence electrons. The van der Waals surface area contributed by atoms with Crippen LogP contribution in [0.5, 0.6) is 5.75 Å². The highest BCUT2D eigenvalue weighted by atomic mass is 35.5. The molecule has 0 aliphatic carbocycles. The number of carbonyl (C=O) groups excluding carboxylic acids is 2. The summed E-state index contributed by atoms with van der Waals surface area (Å²) in [5, 5.41) is 3.36. The van der Waals surface area contributed by atoms with Gasteiger partial charge in [0.2, 0.25) is 5.91 Å². The lowest BCUT2D eigenvalue weighted by atomic mass is 10.2. The summed E-state index contributed by atoms with van der Waals surface area (Å²) in [6.07, 6.45) is 2.06. The van der Waals surface area contributed by atoms with E-state index in [4.69, 9.17) is 16.3 Å². The fraction of sp³-hybridized carbons (Fsp3) is 0.300. The van der Waals surface area contributed by atoms with E-state index in [0.717, 1.165) is 31.5 Å². The molecule has 1 N–H and O–H groups in total. The number of hydrogen-bond donors (Lipinski definition) is 1. The fourth-order valence-electron chi connectivity index (χ4n) is 2.85. The van der Waals surface area contributed by atoms with Crippen LogP contribution in [-0.4, -0.2) is 36.3 Å². The summed E-state index contributed by atoms with van der Waals surface area (Å²) in [6.45, 7) is 1.88. The zero-order valence-corrected chi connectivity index (χ0v) is 15.2. The Hall–Kier alpha value is -2.53. The Morgan fingerprint density at radius 3 is 2.46 bits per heavy atom. The highest BCUT2D eigenvalue weighted by Crippen LogP contribution is 2.20. The minimum absolute atomic E-state index is 0.00432. The summed E-state index contributed by atoms with van der Waals surface area (Å²) in [5.74, 6) is 0.119. The molecule has 1 saturated heterocycles. The van der Waals surface area contributed by atoms with E-state index in [1.54, 1.807) is 35.2 Å². The molecule has 0 unspecified atom stereocenters. The Balaban J connectivity index is 1.59. The van der Waals surface area contributed by atoms with E-state index in [1.807, 2.05) is 18.2 Å². The molecule has 0 spiro atoms. The van der Waals surface area contributed by atoms with Crippen LogP contribution < -0.4 is 10.1 Å². The molecule has 0 radical (unpaired) electrons. The SMILES string of the molecule is O=C(NCC(=O)N1CCCC1)c1ccccc1OCc1ccc(Cl)cc1. The number of nitrogens with zero attached hydrogens (tertiary/aromatic N) is 1. The maximum absolute atomic E-state index is 12.5. The van der Waals surface area contributed by atoms with Crippen LogP contribution in [0.3, 0.4) is 0 Å². The first-order valence-electron chi connectivity index (χ1n) is 8.66. The first-order valence-corrected chi connectivity index (χ1v) is 9.03. The second kappa shape index (κ2) is 8.72. The molecule has 2 aromatic carbocycles. The lowest BCUT2D eigenvalue weighted by Crippen LogP contribution is -2.38. The van der Waals surface area contributed by atoms with Gasteiger partial charge in [0.15, 0.2) is 0 Å². The third kappa shape index (κ3) is 4.76. The predicted molar refractivity (Wildman–Crippen MR) is 100 cm³/mol. The van der Waals surface area contributed by atoms with Crippen molar-refractivity contribution in [2.75, 3.05) is 19.6 Å². The number of nitrogens with one attached hydrogen (secondary N) is 1. The van der Waals surface area contributed by atoms with Crippen molar-refractivity contribution in [3.63, 3.8) is 0 Å². The molecule has 1 aliphatic rings. The molecule has 1 fully saturated rings. The van der Waals surface area contributed by atoms with E-state index >= 15 is 0 Å². The number of rotatable bonds is 6. The van der Waals surface area contributed by atoms with Gasteiger partial charge in [0.05, 0.1) is 12.1 Å². The summed E-state index contributed by atoms with van der Waals surface area (Å²) < 4.78 is 5.79. The molecular weight excluding hydrogens is 352 g/mol. The van der Waals surface area contributed by atoms with Gasteiger partial charge < -0.3 is 15.0 Å². The molecule has 0 atom stereocenters. The van der Waals surface area contributed by atoms with E-state index in [-0.39, 0.29) is 18.4 Å². The molecule has 0 saturated carbocycles. The van der Waals surface area contributed by atoms with E-state index in [1.165, 1.54) is 0 Å². The second-order valence-corrected chi connectivity index (χ2v) is 6.62. The van der Waals surface area contributed by atoms with Crippen LogP contribution in [0.4, 0.5) is 0 Å². The number of carbonyl (C=O) groups is 2. The quantitative estimate of drug-likeness (QED) is 0.846. The number of likely N-dealkylation sites (tertiary alicyclic amines) is 1. The number of ether oxygens (including phenoxy) is 1. The number of halogens is 1. The maximum atomic E-state index is 12.5. The monoisotopic (exact) mass is 372 g/mol. The molecule has 2 amide bonds. The third-order valence-electron chi connectivity index (χ3n) is 4.30. The molecule has 0 bridgehead atoms. The first-order chi connectivity index (χ1) is 12.6. The van der Waals surface area contributed by atoms with Gasteiger partial charge in [0, 0.05) is 18.1 Å². The Bertz CT molecular complexity index is 771. The van der Waals surface area contributed by atoms with Crippen LogP contribution in [-0.2, 0) is 11.4 Å². The molecule has 3 rings (SSSR count). The van der Waals surface area contributed by atoms with Crippen molar-refractivity contribution < 1.29 is 14.3 Å². The van der Waals surface area contributed by atoms with Gasteiger partial charge in [-0.15, -0.1) is 0 Å². The molecule has 1 heterocycles. The van der Waals surface area contributed by atoms with Crippen LogP contribution in [0.2, 0.25) is 5.02 Å². The Morgan fingerprint density at radius 2 is 1.73 bits per heavy atom. The Labute approximate surface area is 157 Å². The van der Waals surface area contributed by atoms with Crippen molar-refractivity contribution in [2.45, 2.75) is 19.4 Å². The van der Waals surface area contributed by atoms with Gasteiger partial charge in [-0.25, -0.2) is 0 Å². The summed E-state index contributed by atoms with van der Waals surface area (Å²) in [4.78, 5) is 26.3. The summed E-state index contributed by atoms with van der Waals surface area (Å²) in [6, 6.07) is 14.3. The minimum atomic E-state index is -0.316. The van der Waals surface area contributed by atoms with Crippen molar-refractivity contribution in [3.05, 3.63) is 64.7 Å². The molecule has 6 heteroatoms. The molecular formula is C20H21ClN2O3.